The Bertz CT molecular complexity index is 628. The molecule has 3 rings (SSSR count). The Kier molecular flexibility index (Phi) is 5.51. The smallest absolute Gasteiger partial charge is 0.182 e. The Morgan fingerprint density at radius 3 is 3.13 bits per heavy atom. The van der Waals surface area contributed by atoms with Crippen LogP contribution in [0, 0.1) is 5.92 Å². The minimum Gasteiger partial charge on any atom is -0.497 e. The zero-order valence-corrected chi connectivity index (χ0v) is 14.7. The lowest BCUT2D eigenvalue weighted by molar-refractivity contribution is 0.168. The Balaban J connectivity index is 1.57. The van der Waals surface area contributed by atoms with Crippen LogP contribution in [0.2, 0.25) is 0 Å². The number of rotatable bonds is 6. The van der Waals surface area contributed by atoms with E-state index in [2.05, 4.69) is 33.4 Å². The summed E-state index contributed by atoms with van der Waals surface area (Å²) in [7, 11) is 3.66. The number of hydrogen-bond donors (Lipinski definition) is 1. The molecule has 0 bridgehead atoms. The molecule has 124 valence electrons. The predicted molar refractivity (Wildman–Crippen MR) is 96.4 cm³/mol. The van der Waals surface area contributed by atoms with Gasteiger partial charge in [-0.1, -0.05) is 12.1 Å². The lowest BCUT2D eigenvalue weighted by Gasteiger charge is -2.32. The number of methoxy groups -OCH3 is 1. The molecule has 0 radical (unpaired) electrons. The molecule has 1 aromatic carbocycles. The van der Waals surface area contributed by atoms with Gasteiger partial charge in [-0.25, -0.2) is 4.98 Å². The van der Waals surface area contributed by atoms with Crippen molar-refractivity contribution in [3.63, 3.8) is 0 Å². The number of benzene rings is 1. The van der Waals surface area contributed by atoms with Crippen LogP contribution in [-0.4, -0.2) is 37.1 Å². The van der Waals surface area contributed by atoms with E-state index < -0.39 is 0 Å². The van der Waals surface area contributed by atoms with Crippen molar-refractivity contribution in [3.05, 3.63) is 40.9 Å². The van der Waals surface area contributed by atoms with E-state index in [1.165, 1.54) is 36.4 Å². The van der Waals surface area contributed by atoms with Crippen molar-refractivity contribution in [2.75, 3.05) is 32.6 Å². The van der Waals surface area contributed by atoms with E-state index in [1.807, 2.05) is 19.3 Å². The number of thiazole rings is 1. The van der Waals surface area contributed by atoms with E-state index in [0.717, 1.165) is 29.8 Å². The summed E-state index contributed by atoms with van der Waals surface area (Å²) in [5, 5.41) is 4.12. The van der Waals surface area contributed by atoms with Crippen LogP contribution in [0.15, 0.2) is 30.5 Å². The molecule has 2 aromatic rings. The zero-order chi connectivity index (χ0) is 16.1. The summed E-state index contributed by atoms with van der Waals surface area (Å²) in [5.74, 6) is 1.69. The van der Waals surface area contributed by atoms with Gasteiger partial charge in [0.15, 0.2) is 5.13 Å². The number of likely N-dealkylation sites (tertiary alicyclic amines) is 1. The second-order valence-corrected chi connectivity index (χ2v) is 7.30. The summed E-state index contributed by atoms with van der Waals surface area (Å²) in [6.07, 6.45) is 5.74. The summed E-state index contributed by atoms with van der Waals surface area (Å²) in [4.78, 5) is 8.29. The number of nitrogens with zero attached hydrogens (tertiary/aromatic N) is 2. The normalized spacial score (nSPS) is 18.8. The van der Waals surface area contributed by atoms with Crippen LogP contribution in [0.5, 0.6) is 5.75 Å². The summed E-state index contributed by atoms with van der Waals surface area (Å²) in [5.41, 5.74) is 1.38. The summed E-state index contributed by atoms with van der Waals surface area (Å²) in [6.45, 7) is 3.39. The summed E-state index contributed by atoms with van der Waals surface area (Å²) >= 11 is 1.76. The highest BCUT2D eigenvalue weighted by atomic mass is 32.1. The van der Waals surface area contributed by atoms with Crippen LogP contribution in [-0.2, 0) is 13.0 Å². The highest BCUT2D eigenvalue weighted by molar-refractivity contribution is 7.15. The first-order valence-electron chi connectivity index (χ1n) is 8.24. The maximum atomic E-state index is 5.34. The molecule has 1 aromatic heterocycles. The molecule has 4 nitrogen and oxygen atoms in total. The molecule has 1 fully saturated rings. The molecule has 1 unspecified atom stereocenters. The molecular formula is C18H25N3OS. The van der Waals surface area contributed by atoms with Gasteiger partial charge in [0, 0.05) is 31.2 Å². The van der Waals surface area contributed by atoms with E-state index >= 15 is 0 Å². The van der Waals surface area contributed by atoms with E-state index in [1.54, 1.807) is 18.4 Å². The molecule has 5 heteroatoms. The van der Waals surface area contributed by atoms with Gasteiger partial charge in [0.1, 0.15) is 5.75 Å². The fourth-order valence-corrected chi connectivity index (χ4v) is 4.12. The third-order valence-electron chi connectivity index (χ3n) is 4.41. The van der Waals surface area contributed by atoms with Crippen LogP contribution >= 0.6 is 11.3 Å². The first-order chi connectivity index (χ1) is 11.3. The molecule has 0 spiro atoms. The third kappa shape index (κ3) is 4.45. The second-order valence-electron chi connectivity index (χ2n) is 6.18. The number of nitrogens with one attached hydrogen (secondary N) is 1. The molecule has 1 aliphatic heterocycles. The molecular weight excluding hydrogens is 306 g/mol. The van der Waals surface area contributed by atoms with Gasteiger partial charge in [-0.05, 0) is 49.4 Å². The van der Waals surface area contributed by atoms with Gasteiger partial charge in [0.05, 0.1) is 7.11 Å². The van der Waals surface area contributed by atoms with Gasteiger partial charge in [0.2, 0.25) is 0 Å². The third-order valence-corrected chi connectivity index (χ3v) is 5.41. The number of anilines is 1. The molecule has 1 aliphatic rings. The fourth-order valence-electron chi connectivity index (χ4n) is 3.31. The molecule has 0 saturated carbocycles. The number of hydrogen-bond acceptors (Lipinski definition) is 5. The SMILES string of the molecule is CNc1ncc(CN2CCCC(Cc3cccc(OC)c3)C2)s1. The van der Waals surface area contributed by atoms with Crippen LogP contribution in [0.25, 0.3) is 0 Å². The number of ether oxygens (including phenoxy) is 1. The van der Waals surface area contributed by atoms with Crippen molar-refractivity contribution in [2.45, 2.75) is 25.8 Å². The average Bonchev–Trinajstić information content (AvgIpc) is 3.03. The highest BCUT2D eigenvalue weighted by Crippen LogP contribution is 2.25. The number of piperidine rings is 1. The number of aromatic nitrogens is 1. The van der Waals surface area contributed by atoms with Gasteiger partial charge in [-0.2, -0.15) is 0 Å². The lowest BCUT2D eigenvalue weighted by atomic mass is 9.91. The molecule has 2 heterocycles. The first kappa shape index (κ1) is 16.3. The van der Waals surface area contributed by atoms with Gasteiger partial charge in [-0.3, -0.25) is 4.90 Å². The molecule has 23 heavy (non-hydrogen) atoms. The van der Waals surface area contributed by atoms with Crippen molar-refractivity contribution < 1.29 is 4.74 Å². The Morgan fingerprint density at radius 1 is 1.43 bits per heavy atom. The fraction of sp³-hybridized carbons (Fsp3) is 0.500. The largest absolute Gasteiger partial charge is 0.497 e. The van der Waals surface area contributed by atoms with Gasteiger partial charge in [-0.15, -0.1) is 11.3 Å². The molecule has 0 aliphatic carbocycles. The van der Waals surface area contributed by atoms with Gasteiger partial charge < -0.3 is 10.1 Å². The van der Waals surface area contributed by atoms with E-state index in [4.69, 9.17) is 4.74 Å². The molecule has 0 amide bonds. The zero-order valence-electron chi connectivity index (χ0n) is 13.9. The van der Waals surface area contributed by atoms with Crippen molar-refractivity contribution in [1.82, 2.24) is 9.88 Å². The van der Waals surface area contributed by atoms with Gasteiger partial charge in [0.25, 0.3) is 0 Å². The van der Waals surface area contributed by atoms with E-state index in [-0.39, 0.29) is 0 Å². The summed E-state index contributed by atoms with van der Waals surface area (Å²) in [6, 6.07) is 8.48. The Morgan fingerprint density at radius 2 is 2.35 bits per heavy atom. The minimum atomic E-state index is 0.729. The maximum Gasteiger partial charge on any atom is 0.182 e. The van der Waals surface area contributed by atoms with E-state index in [9.17, 15) is 0 Å². The van der Waals surface area contributed by atoms with Crippen molar-refractivity contribution in [3.8, 4) is 5.75 Å². The quantitative estimate of drug-likeness (QED) is 0.877. The standard InChI is InChI=1S/C18H25N3OS/c1-19-18-20-11-17(23-18)13-21-8-4-6-15(12-21)9-14-5-3-7-16(10-14)22-2/h3,5,7,10-11,15H,4,6,8-9,12-13H2,1-2H3,(H,19,20). The monoisotopic (exact) mass is 331 g/mol. The van der Waals surface area contributed by atoms with Crippen LogP contribution in [0.3, 0.4) is 0 Å². The molecule has 1 N–H and O–H groups in total. The van der Waals surface area contributed by atoms with Crippen LogP contribution in [0.4, 0.5) is 5.13 Å². The topological polar surface area (TPSA) is 37.4 Å². The minimum absolute atomic E-state index is 0.729. The highest BCUT2D eigenvalue weighted by Gasteiger charge is 2.21. The van der Waals surface area contributed by atoms with E-state index in [0.29, 0.717) is 0 Å². The summed E-state index contributed by atoms with van der Waals surface area (Å²) < 4.78 is 5.34. The molecule has 1 atom stereocenters. The lowest BCUT2D eigenvalue weighted by Crippen LogP contribution is -2.35. The van der Waals surface area contributed by atoms with Gasteiger partial charge >= 0.3 is 0 Å². The van der Waals surface area contributed by atoms with Crippen molar-refractivity contribution in [1.29, 1.82) is 0 Å². The van der Waals surface area contributed by atoms with Crippen LogP contribution < -0.4 is 10.1 Å². The average molecular weight is 331 g/mol. The van der Waals surface area contributed by atoms with Crippen LogP contribution in [0.1, 0.15) is 23.3 Å². The maximum absolute atomic E-state index is 5.34. The van der Waals surface area contributed by atoms with Crippen molar-refractivity contribution >= 4 is 16.5 Å². The first-order valence-corrected chi connectivity index (χ1v) is 9.06. The van der Waals surface area contributed by atoms with Crippen molar-refractivity contribution in [2.24, 2.45) is 5.92 Å². The predicted octanol–water partition coefficient (Wildman–Crippen LogP) is 3.65. The molecule has 1 saturated heterocycles. The Hall–Kier alpha value is -1.59. The Labute approximate surface area is 142 Å². The second kappa shape index (κ2) is 7.79.